The van der Waals surface area contributed by atoms with E-state index in [4.69, 9.17) is 4.74 Å². The van der Waals surface area contributed by atoms with Gasteiger partial charge < -0.3 is 19.4 Å². The summed E-state index contributed by atoms with van der Waals surface area (Å²) < 4.78 is 5.76. The van der Waals surface area contributed by atoms with Gasteiger partial charge in [0, 0.05) is 20.1 Å². The smallest absolute Gasteiger partial charge is 0.257 e. The number of carbonyl (C=O) groups excluding carboxylic acids is 3. The van der Waals surface area contributed by atoms with Crippen LogP contribution in [0.1, 0.15) is 30.1 Å². The summed E-state index contributed by atoms with van der Waals surface area (Å²) in [6, 6.07) is 6.60. The van der Waals surface area contributed by atoms with Crippen LogP contribution < -0.4 is 4.74 Å². The topological polar surface area (TPSA) is 70.2 Å². The highest BCUT2D eigenvalue weighted by atomic mass is 16.5. The molecular formula is C19H25N3O4. The second-order valence-electron chi connectivity index (χ2n) is 6.75. The van der Waals surface area contributed by atoms with Gasteiger partial charge in [-0.15, -0.1) is 0 Å². The lowest BCUT2D eigenvalue weighted by Gasteiger charge is -2.45. The second kappa shape index (κ2) is 7.76. The molecule has 0 bridgehead atoms. The van der Waals surface area contributed by atoms with Crippen molar-refractivity contribution in [1.29, 1.82) is 0 Å². The molecule has 3 rings (SSSR count). The molecule has 1 atom stereocenters. The van der Waals surface area contributed by atoms with E-state index < -0.39 is 6.04 Å². The third kappa shape index (κ3) is 3.52. The number of ether oxygens (including phenoxy) is 1. The maximum absolute atomic E-state index is 13.0. The average Bonchev–Trinajstić information content (AvgIpc) is 2.66. The van der Waals surface area contributed by atoms with Crippen molar-refractivity contribution in [2.24, 2.45) is 0 Å². The Morgan fingerprint density at radius 3 is 2.77 bits per heavy atom. The summed E-state index contributed by atoms with van der Waals surface area (Å²) in [6.07, 6.45) is 1.94. The van der Waals surface area contributed by atoms with Crippen LogP contribution in [-0.2, 0) is 9.59 Å². The molecule has 0 saturated carbocycles. The van der Waals surface area contributed by atoms with Crippen molar-refractivity contribution in [3.8, 4) is 5.75 Å². The molecule has 2 aliphatic rings. The molecule has 140 valence electrons. The first kappa shape index (κ1) is 18.2. The zero-order valence-corrected chi connectivity index (χ0v) is 15.3. The number of hydrogen-bond acceptors (Lipinski definition) is 4. The van der Waals surface area contributed by atoms with Crippen LogP contribution >= 0.6 is 0 Å². The van der Waals surface area contributed by atoms with E-state index in [0.717, 1.165) is 12.8 Å². The summed E-state index contributed by atoms with van der Waals surface area (Å²) in [7, 11) is 1.62. The lowest BCUT2D eigenvalue weighted by molar-refractivity contribution is -0.157. The van der Waals surface area contributed by atoms with Crippen molar-refractivity contribution in [1.82, 2.24) is 14.7 Å². The van der Waals surface area contributed by atoms with Crippen LogP contribution in [0.25, 0.3) is 0 Å². The van der Waals surface area contributed by atoms with Gasteiger partial charge >= 0.3 is 0 Å². The van der Waals surface area contributed by atoms with E-state index in [1.165, 1.54) is 4.90 Å². The van der Waals surface area contributed by atoms with Crippen molar-refractivity contribution in [3.05, 3.63) is 29.8 Å². The van der Waals surface area contributed by atoms with E-state index in [9.17, 15) is 14.4 Å². The van der Waals surface area contributed by atoms with E-state index in [-0.39, 0.29) is 30.8 Å². The number of amides is 3. The summed E-state index contributed by atoms with van der Waals surface area (Å²) in [5, 5.41) is 0. The first-order valence-electron chi connectivity index (χ1n) is 9.08. The van der Waals surface area contributed by atoms with E-state index in [1.807, 2.05) is 6.07 Å². The number of hydrogen-bond donors (Lipinski definition) is 0. The highest BCUT2D eigenvalue weighted by Gasteiger charge is 2.42. The number of carbonyl (C=O) groups is 3. The highest BCUT2D eigenvalue weighted by molar-refractivity contribution is 5.99. The largest absolute Gasteiger partial charge is 0.493 e. The Bertz CT molecular complexity index is 706. The molecule has 0 radical (unpaired) electrons. The van der Waals surface area contributed by atoms with Crippen molar-refractivity contribution < 1.29 is 19.1 Å². The van der Waals surface area contributed by atoms with E-state index in [2.05, 4.69) is 6.92 Å². The standard InChI is InChI=1S/C19H25N3O4/c1-3-4-11-26-16-8-6-5-7-14(16)18(24)21-9-10-22-15(12-21)19(25)20(2)13-17(22)23/h5-8,15H,3-4,9-13H2,1-2H3. The molecule has 0 N–H and O–H groups in total. The lowest BCUT2D eigenvalue weighted by atomic mass is 10.1. The van der Waals surface area contributed by atoms with Crippen LogP contribution in [0.5, 0.6) is 5.75 Å². The zero-order chi connectivity index (χ0) is 18.7. The summed E-state index contributed by atoms with van der Waals surface area (Å²) in [5.74, 6) is 0.226. The van der Waals surface area contributed by atoms with Gasteiger partial charge in [0.25, 0.3) is 5.91 Å². The fourth-order valence-electron chi connectivity index (χ4n) is 3.37. The molecule has 1 unspecified atom stereocenters. The molecule has 2 saturated heterocycles. The number of rotatable bonds is 5. The predicted octanol–water partition coefficient (Wildman–Crippen LogP) is 0.990. The molecule has 3 amide bonds. The minimum absolute atomic E-state index is 0.0625. The van der Waals surface area contributed by atoms with Crippen molar-refractivity contribution in [3.63, 3.8) is 0 Å². The Balaban J connectivity index is 1.75. The molecule has 0 spiro atoms. The molecule has 26 heavy (non-hydrogen) atoms. The van der Waals surface area contributed by atoms with Crippen LogP contribution in [0, 0.1) is 0 Å². The molecule has 0 aromatic heterocycles. The van der Waals surface area contributed by atoms with Gasteiger partial charge in [-0.3, -0.25) is 14.4 Å². The van der Waals surface area contributed by atoms with Gasteiger partial charge in [-0.1, -0.05) is 25.5 Å². The van der Waals surface area contributed by atoms with Gasteiger partial charge in [0.05, 0.1) is 25.3 Å². The molecule has 1 aromatic rings. The molecule has 0 aliphatic carbocycles. The third-order valence-electron chi connectivity index (χ3n) is 4.89. The molecular weight excluding hydrogens is 334 g/mol. The highest BCUT2D eigenvalue weighted by Crippen LogP contribution is 2.23. The van der Waals surface area contributed by atoms with Gasteiger partial charge in [0.1, 0.15) is 11.8 Å². The van der Waals surface area contributed by atoms with Gasteiger partial charge in [0.2, 0.25) is 11.8 Å². The average molecular weight is 359 g/mol. The van der Waals surface area contributed by atoms with Crippen LogP contribution in [0.15, 0.2) is 24.3 Å². The maximum Gasteiger partial charge on any atom is 0.257 e. The SMILES string of the molecule is CCCCOc1ccccc1C(=O)N1CCN2C(=O)CN(C)C(=O)C2C1. The number of likely N-dealkylation sites (N-methyl/N-ethyl adjacent to an activating group) is 1. The number of unbranched alkanes of at least 4 members (excludes halogenated alkanes) is 1. The fraction of sp³-hybridized carbons (Fsp3) is 0.526. The third-order valence-corrected chi connectivity index (χ3v) is 4.89. The monoisotopic (exact) mass is 359 g/mol. The number of nitrogens with zero attached hydrogens (tertiary/aromatic N) is 3. The summed E-state index contributed by atoms with van der Waals surface area (Å²) in [4.78, 5) is 42.2. The van der Waals surface area contributed by atoms with Gasteiger partial charge in [-0.05, 0) is 18.6 Å². The molecule has 1 aromatic carbocycles. The summed E-state index contributed by atoms with van der Waals surface area (Å²) in [5.41, 5.74) is 0.500. The van der Waals surface area contributed by atoms with Crippen LogP contribution in [-0.4, -0.2) is 78.3 Å². The molecule has 2 fully saturated rings. The molecule has 7 nitrogen and oxygen atoms in total. The van der Waals surface area contributed by atoms with Gasteiger partial charge in [-0.2, -0.15) is 0 Å². The van der Waals surface area contributed by atoms with E-state index in [0.29, 0.717) is 31.0 Å². The Hall–Kier alpha value is -2.57. The molecule has 2 aliphatic heterocycles. The zero-order valence-electron chi connectivity index (χ0n) is 15.3. The summed E-state index contributed by atoms with van der Waals surface area (Å²) >= 11 is 0. The maximum atomic E-state index is 13.0. The first-order valence-corrected chi connectivity index (χ1v) is 9.08. The van der Waals surface area contributed by atoms with Crippen molar-refractivity contribution >= 4 is 17.7 Å². The van der Waals surface area contributed by atoms with Gasteiger partial charge in [0.15, 0.2) is 0 Å². The minimum Gasteiger partial charge on any atom is -0.493 e. The van der Waals surface area contributed by atoms with E-state index >= 15 is 0 Å². The minimum atomic E-state index is -0.591. The molecule has 2 heterocycles. The Kier molecular flexibility index (Phi) is 5.44. The number of fused-ring (bicyclic) bond motifs is 1. The second-order valence-corrected chi connectivity index (χ2v) is 6.75. The Labute approximate surface area is 153 Å². The Morgan fingerprint density at radius 2 is 2.00 bits per heavy atom. The molecule has 7 heteroatoms. The summed E-state index contributed by atoms with van der Waals surface area (Å²) in [6.45, 7) is 3.78. The number of para-hydroxylation sites is 1. The predicted molar refractivity (Wildman–Crippen MR) is 95.9 cm³/mol. The van der Waals surface area contributed by atoms with Crippen molar-refractivity contribution in [2.45, 2.75) is 25.8 Å². The number of piperazine rings is 2. The lowest BCUT2D eigenvalue weighted by Crippen LogP contribution is -2.66. The Morgan fingerprint density at radius 1 is 1.23 bits per heavy atom. The van der Waals surface area contributed by atoms with Crippen LogP contribution in [0.3, 0.4) is 0 Å². The van der Waals surface area contributed by atoms with Crippen molar-refractivity contribution in [2.75, 3.05) is 39.8 Å². The van der Waals surface area contributed by atoms with Gasteiger partial charge in [-0.25, -0.2) is 0 Å². The normalized spacial score (nSPS) is 20.2. The van der Waals surface area contributed by atoms with E-state index in [1.54, 1.807) is 35.0 Å². The number of benzene rings is 1. The first-order chi connectivity index (χ1) is 12.5. The fourth-order valence-corrected chi connectivity index (χ4v) is 3.37. The quantitative estimate of drug-likeness (QED) is 0.735. The van der Waals surface area contributed by atoms with Crippen LogP contribution in [0.4, 0.5) is 0 Å². The van der Waals surface area contributed by atoms with Crippen LogP contribution in [0.2, 0.25) is 0 Å².